The smallest absolute Gasteiger partial charge is 0.138 e. The van der Waals surface area contributed by atoms with Crippen LogP contribution in [0.25, 0.3) is 0 Å². The first-order chi connectivity index (χ1) is 9.11. The summed E-state index contributed by atoms with van der Waals surface area (Å²) in [7, 11) is 3.88. The normalized spacial score (nSPS) is 12.8. The third-order valence-electron chi connectivity index (χ3n) is 3.26. The summed E-state index contributed by atoms with van der Waals surface area (Å²) in [6.45, 7) is 5.20. The molecule has 6 nitrogen and oxygen atoms in total. The number of hydrogen-bond acceptors (Lipinski definition) is 4. The second-order valence-corrected chi connectivity index (χ2v) is 4.85. The van der Waals surface area contributed by atoms with Gasteiger partial charge in [0.05, 0.1) is 5.69 Å². The molecule has 1 unspecified atom stereocenters. The molecule has 0 aromatic carbocycles. The van der Waals surface area contributed by atoms with E-state index in [0.29, 0.717) is 0 Å². The molecule has 0 spiro atoms. The van der Waals surface area contributed by atoms with E-state index in [-0.39, 0.29) is 6.04 Å². The summed E-state index contributed by atoms with van der Waals surface area (Å²) in [4.78, 5) is 4.31. The number of aryl methyl sites for hydroxylation is 3. The second-order valence-electron chi connectivity index (χ2n) is 4.85. The van der Waals surface area contributed by atoms with Gasteiger partial charge in [-0.3, -0.25) is 9.36 Å². The zero-order valence-electron chi connectivity index (χ0n) is 12.1. The first-order valence-electron chi connectivity index (χ1n) is 6.68. The third-order valence-corrected chi connectivity index (χ3v) is 3.26. The Bertz CT molecular complexity index is 527. The molecule has 0 bridgehead atoms. The van der Waals surface area contributed by atoms with Gasteiger partial charge in [-0.2, -0.15) is 10.2 Å². The quantitative estimate of drug-likeness (QED) is 0.848. The van der Waals surface area contributed by atoms with Crippen LogP contribution in [0.1, 0.15) is 36.5 Å². The molecule has 6 heteroatoms. The molecular formula is C13H22N6. The van der Waals surface area contributed by atoms with E-state index in [1.807, 2.05) is 30.4 Å². The van der Waals surface area contributed by atoms with Crippen LogP contribution in [-0.4, -0.2) is 31.1 Å². The lowest BCUT2D eigenvalue weighted by Crippen LogP contribution is -2.25. The van der Waals surface area contributed by atoms with Crippen LogP contribution in [0.4, 0.5) is 0 Å². The predicted octanol–water partition coefficient (Wildman–Crippen LogP) is 1.14. The summed E-state index contributed by atoms with van der Waals surface area (Å²) in [5.41, 5.74) is 2.30. The van der Waals surface area contributed by atoms with Crippen molar-refractivity contribution in [3.8, 4) is 0 Å². The van der Waals surface area contributed by atoms with Crippen molar-refractivity contribution in [2.24, 2.45) is 14.1 Å². The van der Waals surface area contributed by atoms with E-state index in [1.54, 1.807) is 6.33 Å². The molecule has 19 heavy (non-hydrogen) atoms. The van der Waals surface area contributed by atoms with E-state index in [0.717, 1.165) is 30.9 Å². The standard InChI is InChI=1S/C13H22N6/c1-5-6-14-12(7-13-15-9-16-19(13)4)11-8-18(3)17-10(11)2/h8-9,12,14H,5-7H2,1-4H3. The van der Waals surface area contributed by atoms with Gasteiger partial charge < -0.3 is 5.32 Å². The maximum absolute atomic E-state index is 4.43. The Morgan fingerprint density at radius 3 is 2.68 bits per heavy atom. The average molecular weight is 262 g/mol. The third kappa shape index (κ3) is 3.20. The van der Waals surface area contributed by atoms with E-state index in [9.17, 15) is 0 Å². The molecule has 2 aromatic heterocycles. The summed E-state index contributed by atoms with van der Waals surface area (Å²) < 4.78 is 3.69. The Hall–Kier alpha value is -1.69. The summed E-state index contributed by atoms with van der Waals surface area (Å²) >= 11 is 0. The topological polar surface area (TPSA) is 60.6 Å². The van der Waals surface area contributed by atoms with Crippen LogP contribution in [0.5, 0.6) is 0 Å². The first-order valence-corrected chi connectivity index (χ1v) is 6.68. The Labute approximate surface area is 113 Å². The number of hydrogen-bond donors (Lipinski definition) is 1. The Morgan fingerprint density at radius 1 is 1.37 bits per heavy atom. The van der Waals surface area contributed by atoms with Crippen molar-refractivity contribution in [1.82, 2.24) is 29.9 Å². The molecular weight excluding hydrogens is 240 g/mol. The molecule has 1 atom stereocenters. The fourth-order valence-corrected chi connectivity index (χ4v) is 2.26. The molecule has 0 amide bonds. The molecule has 1 N–H and O–H groups in total. The highest BCUT2D eigenvalue weighted by molar-refractivity contribution is 5.21. The van der Waals surface area contributed by atoms with Gasteiger partial charge in [-0.1, -0.05) is 6.92 Å². The van der Waals surface area contributed by atoms with E-state index in [1.165, 1.54) is 5.56 Å². The minimum absolute atomic E-state index is 0.233. The van der Waals surface area contributed by atoms with E-state index < -0.39 is 0 Å². The Kier molecular flexibility index (Phi) is 4.31. The van der Waals surface area contributed by atoms with E-state index in [4.69, 9.17) is 0 Å². The molecule has 2 heterocycles. The summed E-state index contributed by atoms with van der Waals surface area (Å²) in [5, 5.41) is 12.1. The number of nitrogens with zero attached hydrogens (tertiary/aromatic N) is 5. The summed E-state index contributed by atoms with van der Waals surface area (Å²) in [5.74, 6) is 0.983. The van der Waals surface area contributed by atoms with Gasteiger partial charge in [0.25, 0.3) is 0 Å². The largest absolute Gasteiger partial charge is 0.309 e. The zero-order chi connectivity index (χ0) is 13.8. The minimum atomic E-state index is 0.233. The van der Waals surface area contributed by atoms with Gasteiger partial charge in [0.2, 0.25) is 0 Å². The highest BCUT2D eigenvalue weighted by Gasteiger charge is 2.18. The molecule has 0 aliphatic rings. The molecule has 0 aliphatic heterocycles. The van der Waals surface area contributed by atoms with Crippen LogP contribution in [0.2, 0.25) is 0 Å². The van der Waals surface area contributed by atoms with E-state index in [2.05, 4.69) is 33.6 Å². The van der Waals surface area contributed by atoms with Crippen LogP contribution >= 0.6 is 0 Å². The molecule has 2 aromatic rings. The van der Waals surface area contributed by atoms with Crippen molar-refractivity contribution in [3.63, 3.8) is 0 Å². The average Bonchev–Trinajstić information content (AvgIpc) is 2.91. The van der Waals surface area contributed by atoms with Gasteiger partial charge in [-0.05, 0) is 19.9 Å². The molecule has 0 saturated carbocycles. The summed E-state index contributed by atoms with van der Waals surface area (Å²) in [6.07, 6.45) is 5.61. The van der Waals surface area contributed by atoms with E-state index >= 15 is 0 Å². The SMILES string of the molecule is CCCNC(Cc1ncnn1C)c1cn(C)nc1C. The minimum Gasteiger partial charge on any atom is -0.309 e. The zero-order valence-corrected chi connectivity index (χ0v) is 12.1. The molecule has 104 valence electrons. The van der Waals surface area contributed by atoms with Crippen molar-refractivity contribution >= 4 is 0 Å². The van der Waals surface area contributed by atoms with Gasteiger partial charge in [0, 0.05) is 38.3 Å². The fourth-order valence-electron chi connectivity index (χ4n) is 2.26. The summed E-state index contributed by atoms with van der Waals surface area (Å²) in [6, 6.07) is 0.233. The van der Waals surface area contributed by atoms with Crippen molar-refractivity contribution in [2.75, 3.05) is 6.54 Å². The lowest BCUT2D eigenvalue weighted by atomic mass is 10.0. The van der Waals surface area contributed by atoms with Crippen LogP contribution in [-0.2, 0) is 20.5 Å². The molecule has 0 saturated heterocycles. The van der Waals surface area contributed by atoms with Gasteiger partial charge in [0.15, 0.2) is 0 Å². The van der Waals surface area contributed by atoms with Crippen molar-refractivity contribution in [2.45, 2.75) is 32.7 Å². The number of rotatable bonds is 6. The first kappa shape index (κ1) is 13.7. The Balaban J connectivity index is 2.20. The highest BCUT2D eigenvalue weighted by Crippen LogP contribution is 2.20. The lowest BCUT2D eigenvalue weighted by Gasteiger charge is -2.17. The highest BCUT2D eigenvalue weighted by atomic mass is 15.3. The van der Waals surface area contributed by atoms with Crippen molar-refractivity contribution in [3.05, 3.63) is 29.6 Å². The van der Waals surface area contributed by atoms with Crippen LogP contribution in [0.15, 0.2) is 12.5 Å². The molecule has 0 fully saturated rings. The van der Waals surface area contributed by atoms with Gasteiger partial charge in [-0.15, -0.1) is 0 Å². The van der Waals surface area contributed by atoms with Gasteiger partial charge in [-0.25, -0.2) is 4.98 Å². The lowest BCUT2D eigenvalue weighted by molar-refractivity contribution is 0.504. The van der Waals surface area contributed by atoms with Gasteiger partial charge >= 0.3 is 0 Å². The predicted molar refractivity (Wildman–Crippen MR) is 73.7 cm³/mol. The molecule has 0 radical (unpaired) electrons. The van der Waals surface area contributed by atoms with Crippen LogP contribution in [0, 0.1) is 6.92 Å². The molecule has 0 aliphatic carbocycles. The van der Waals surface area contributed by atoms with Crippen molar-refractivity contribution in [1.29, 1.82) is 0 Å². The molecule has 2 rings (SSSR count). The monoisotopic (exact) mass is 262 g/mol. The van der Waals surface area contributed by atoms with Crippen LogP contribution < -0.4 is 5.32 Å². The Morgan fingerprint density at radius 2 is 2.16 bits per heavy atom. The maximum atomic E-state index is 4.43. The maximum Gasteiger partial charge on any atom is 0.138 e. The second kappa shape index (κ2) is 5.97. The fraction of sp³-hybridized carbons (Fsp3) is 0.615. The van der Waals surface area contributed by atoms with Crippen LogP contribution in [0.3, 0.4) is 0 Å². The van der Waals surface area contributed by atoms with Crippen molar-refractivity contribution < 1.29 is 0 Å². The number of aromatic nitrogens is 5. The van der Waals surface area contributed by atoms with Gasteiger partial charge in [0.1, 0.15) is 12.2 Å². The number of nitrogens with one attached hydrogen (secondary N) is 1.